The van der Waals surface area contributed by atoms with Gasteiger partial charge in [0.05, 0.1) is 0 Å². The first-order valence-corrected chi connectivity index (χ1v) is 12.8. The Labute approximate surface area is 195 Å². The van der Waals surface area contributed by atoms with Crippen LogP contribution in [-0.2, 0) is 4.79 Å². The minimum absolute atomic E-state index is 0.305. The summed E-state index contributed by atoms with van der Waals surface area (Å²) < 4.78 is 0. The van der Waals surface area contributed by atoms with Gasteiger partial charge < -0.3 is 19.6 Å². The molecule has 0 aromatic carbocycles. The Morgan fingerprint density at radius 1 is 0.806 bits per heavy atom. The van der Waals surface area contributed by atoms with Crippen molar-refractivity contribution in [1.29, 1.82) is 0 Å². The Morgan fingerprint density at radius 3 is 1.65 bits per heavy atom. The maximum atomic E-state index is 11.8. The molecule has 2 saturated heterocycles. The van der Waals surface area contributed by atoms with Gasteiger partial charge in [0.15, 0.2) is 0 Å². The molecule has 0 aliphatic carbocycles. The van der Waals surface area contributed by atoms with Crippen molar-refractivity contribution in [2.45, 2.75) is 80.2 Å². The second kappa shape index (κ2) is 16.9. The number of carbonyl (C=O) groups is 1. The van der Waals surface area contributed by atoms with Gasteiger partial charge in [0.1, 0.15) is 0 Å². The Bertz CT molecular complexity index is 437. The van der Waals surface area contributed by atoms with Crippen molar-refractivity contribution in [1.82, 2.24) is 19.6 Å². The van der Waals surface area contributed by atoms with Crippen molar-refractivity contribution in [2.75, 3.05) is 67.0 Å². The van der Waals surface area contributed by atoms with Crippen LogP contribution >= 0.6 is 0 Å². The third-order valence-corrected chi connectivity index (χ3v) is 6.25. The van der Waals surface area contributed by atoms with E-state index in [1.165, 1.54) is 39.1 Å². The fraction of sp³-hybridized carbons (Fsp3) is 0.962. The molecule has 2 aliphatic rings. The lowest BCUT2D eigenvalue weighted by atomic mass is 10.0. The molecule has 0 N–H and O–H groups in total. The van der Waals surface area contributed by atoms with Gasteiger partial charge in [-0.05, 0) is 57.8 Å². The fourth-order valence-electron chi connectivity index (χ4n) is 3.63. The maximum absolute atomic E-state index is 11.8. The molecule has 5 nitrogen and oxygen atoms in total. The summed E-state index contributed by atoms with van der Waals surface area (Å²) in [6, 6.07) is 0.465. The summed E-state index contributed by atoms with van der Waals surface area (Å²) in [6.45, 7) is 23.9. The molecule has 0 aromatic rings. The molecule has 5 heteroatoms. The molecule has 0 bridgehead atoms. The van der Waals surface area contributed by atoms with Gasteiger partial charge in [-0.15, -0.1) is 0 Å². The average Bonchev–Trinajstić information content (AvgIpc) is 2.70. The zero-order valence-corrected chi connectivity index (χ0v) is 22.8. The molecule has 2 fully saturated rings. The second-order valence-corrected chi connectivity index (χ2v) is 10.9. The smallest absolute Gasteiger partial charge is 0.222 e. The van der Waals surface area contributed by atoms with E-state index in [0.29, 0.717) is 24.3 Å². The van der Waals surface area contributed by atoms with E-state index in [1.54, 1.807) is 0 Å². The SMILES string of the molecule is CC(C)CC(=O)N(C)C1CCN(C)CC1.CC(C)CN1CCN(C)CC1.CCC(C)C. The van der Waals surface area contributed by atoms with Gasteiger partial charge in [-0.3, -0.25) is 4.79 Å². The lowest BCUT2D eigenvalue weighted by Crippen LogP contribution is -2.45. The van der Waals surface area contributed by atoms with Crippen molar-refractivity contribution in [3.63, 3.8) is 0 Å². The van der Waals surface area contributed by atoms with E-state index in [0.717, 1.165) is 37.8 Å². The normalized spacial score (nSPS) is 19.1. The van der Waals surface area contributed by atoms with E-state index in [9.17, 15) is 4.79 Å². The zero-order valence-electron chi connectivity index (χ0n) is 22.8. The van der Waals surface area contributed by atoms with E-state index in [-0.39, 0.29) is 0 Å². The number of piperidine rings is 1. The number of hydrogen-bond acceptors (Lipinski definition) is 4. The molecule has 0 unspecified atom stereocenters. The summed E-state index contributed by atoms with van der Waals surface area (Å²) in [6.07, 6.45) is 4.23. The van der Waals surface area contributed by atoms with Crippen LogP contribution in [0, 0.1) is 17.8 Å². The first-order valence-electron chi connectivity index (χ1n) is 12.8. The Morgan fingerprint density at radius 2 is 1.26 bits per heavy atom. The number of hydrogen-bond donors (Lipinski definition) is 0. The van der Waals surface area contributed by atoms with Gasteiger partial charge in [-0.1, -0.05) is 54.9 Å². The summed E-state index contributed by atoms with van der Waals surface area (Å²) >= 11 is 0. The minimum Gasteiger partial charge on any atom is -0.343 e. The van der Waals surface area contributed by atoms with E-state index >= 15 is 0 Å². The number of amides is 1. The predicted molar refractivity (Wildman–Crippen MR) is 137 cm³/mol. The highest BCUT2D eigenvalue weighted by Crippen LogP contribution is 2.16. The van der Waals surface area contributed by atoms with Crippen LogP contribution in [0.2, 0.25) is 0 Å². The van der Waals surface area contributed by atoms with Crippen LogP contribution in [0.15, 0.2) is 0 Å². The first-order chi connectivity index (χ1) is 14.5. The van der Waals surface area contributed by atoms with Gasteiger partial charge in [0.25, 0.3) is 0 Å². The van der Waals surface area contributed by atoms with Crippen LogP contribution in [0.5, 0.6) is 0 Å². The molecule has 0 aromatic heterocycles. The van der Waals surface area contributed by atoms with Crippen LogP contribution in [-0.4, -0.2) is 98.5 Å². The average molecular weight is 441 g/mol. The molecule has 2 aliphatic heterocycles. The van der Waals surface area contributed by atoms with Gasteiger partial charge in [0.2, 0.25) is 5.91 Å². The molecular weight excluding hydrogens is 384 g/mol. The summed E-state index contributed by atoms with van der Waals surface area (Å²) in [5.41, 5.74) is 0. The van der Waals surface area contributed by atoms with Gasteiger partial charge in [-0.2, -0.15) is 0 Å². The maximum Gasteiger partial charge on any atom is 0.222 e. The second-order valence-electron chi connectivity index (χ2n) is 10.9. The van der Waals surface area contributed by atoms with Gasteiger partial charge in [-0.25, -0.2) is 0 Å². The molecule has 0 spiro atoms. The Balaban J connectivity index is 0.000000492. The zero-order chi connectivity index (χ0) is 24.0. The largest absolute Gasteiger partial charge is 0.343 e. The van der Waals surface area contributed by atoms with Crippen LogP contribution < -0.4 is 0 Å². The van der Waals surface area contributed by atoms with Crippen molar-refractivity contribution in [3.05, 3.63) is 0 Å². The van der Waals surface area contributed by atoms with E-state index in [2.05, 4.69) is 77.3 Å². The minimum atomic E-state index is 0.305. The van der Waals surface area contributed by atoms with Crippen LogP contribution in [0.25, 0.3) is 0 Å². The lowest BCUT2D eigenvalue weighted by Gasteiger charge is -2.35. The third kappa shape index (κ3) is 15.7. The molecule has 0 radical (unpaired) electrons. The van der Waals surface area contributed by atoms with Crippen molar-refractivity contribution >= 4 is 5.91 Å². The molecule has 31 heavy (non-hydrogen) atoms. The fourth-order valence-corrected chi connectivity index (χ4v) is 3.63. The molecule has 0 saturated carbocycles. The number of nitrogens with zero attached hydrogens (tertiary/aromatic N) is 4. The highest BCUT2D eigenvalue weighted by Gasteiger charge is 2.23. The quantitative estimate of drug-likeness (QED) is 0.607. The monoisotopic (exact) mass is 440 g/mol. The van der Waals surface area contributed by atoms with Crippen molar-refractivity contribution in [3.8, 4) is 0 Å². The van der Waals surface area contributed by atoms with Crippen molar-refractivity contribution < 1.29 is 4.79 Å². The predicted octanol–water partition coefficient (Wildman–Crippen LogP) is 4.53. The van der Waals surface area contributed by atoms with Crippen LogP contribution in [0.3, 0.4) is 0 Å². The molecule has 186 valence electrons. The first kappa shape index (κ1) is 30.4. The number of carbonyl (C=O) groups excluding carboxylic acids is 1. The molecule has 2 rings (SSSR count). The third-order valence-electron chi connectivity index (χ3n) is 6.25. The summed E-state index contributed by atoms with van der Waals surface area (Å²) in [5.74, 6) is 2.47. The number of rotatable bonds is 6. The molecular formula is C26H56N4O. The van der Waals surface area contributed by atoms with E-state index < -0.39 is 0 Å². The highest BCUT2D eigenvalue weighted by molar-refractivity contribution is 5.76. The van der Waals surface area contributed by atoms with Crippen LogP contribution in [0.1, 0.15) is 74.1 Å². The van der Waals surface area contributed by atoms with Crippen molar-refractivity contribution in [2.24, 2.45) is 17.8 Å². The van der Waals surface area contributed by atoms with Gasteiger partial charge in [0, 0.05) is 52.2 Å². The van der Waals surface area contributed by atoms with E-state index in [1.807, 2.05) is 11.9 Å². The molecule has 2 heterocycles. The number of likely N-dealkylation sites (tertiary alicyclic amines) is 1. The topological polar surface area (TPSA) is 30.0 Å². The standard InChI is InChI=1S/C12H24N2O.C9H20N2.C5H12/c1-10(2)9-12(15)14(4)11-5-7-13(3)8-6-11;1-9(2)8-11-6-4-10(3)5-7-11;1-4-5(2)3/h10-11H,5-9H2,1-4H3;9H,4-8H2,1-3H3;5H,4H2,1-3H3. The summed E-state index contributed by atoms with van der Waals surface area (Å²) in [4.78, 5) is 21.1. The molecule has 0 atom stereocenters. The van der Waals surface area contributed by atoms with E-state index in [4.69, 9.17) is 0 Å². The Kier molecular flexibility index (Phi) is 16.6. The summed E-state index contributed by atoms with van der Waals surface area (Å²) in [7, 11) is 6.31. The Hall–Kier alpha value is -0.650. The molecule has 1 amide bonds. The van der Waals surface area contributed by atoms with Crippen LogP contribution in [0.4, 0.5) is 0 Å². The lowest BCUT2D eigenvalue weighted by molar-refractivity contribution is -0.133. The number of piperazine rings is 1. The highest BCUT2D eigenvalue weighted by atomic mass is 16.2. The van der Waals surface area contributed by atoms with Gasteiger partial charge >= 0.3 is 0 Å². The summed E-state index contributed by atoms with van der Waals surface area (Å²) in [5, 5.41) is 0. The number of likely N-dealkylation sites (N-methyl/N-ethyl adjacent to an activating group) is 1.